The molecule has 0 saturated carbocycles. The highest BCUT2D eigenvalue weighted by Crippen LogP contribution is 2.17. The number of nitrogens with zero attached hydrogens (tertiary/aromatic N) is 1. The third-order valence-corrected chi connectivity index (χ3v) is 2.87. The highest BCUT2D eigenvalue weighted by molar-refractivity contribution is 7.77. The number of nitrogens with one attached hydrogen (secondary N) is 1. The lowest BCUT2D eigenvalue weighted by Crippen LogP contribution is -2.28. The quantitative estimate of drug-likeness (QED) is 0.525. The van der Waals surface area contributed by atoms with Crippen molar-refractivity contribution in [1.29, 1.82) is 0 Å². The minimum Gasteiger partial charge on any atom is -0.339 e. The number of carbonyl (C=O) groups is 1. The Morgan fingerprint density at radius 3 is 2.92 bits per heavy atom. The average Bonchev–Trinajstić information content (AvgIpc) is 2.48. The van der Waals surface area contributed by atoms with Gasteiger partial charge in [-0.3, -0.25) is 9.35 Å². The summed E-state index contributed by atoms with van der Waals surface area (Å²) < 4.78 is 21.2. The number of hydrogen-bond acceptors (Lipinski definition) is 2. The second-order valence-corrected chi connectivity index (χ2v) is 4.32. The molecule has 1 amide bonds. The fourth-order valence-corrected chi connectivity index (χ4v) is 2.00. The molecule has 7 heteroatoms. The molecule has 1 fully saturated rings. The zero-order valence-corrected chi connectivity index (χ0v) is 9.07. The maximum atomic E-state index is 10.9. The van der Waals surface area contributed by atoms with Crippen LogP contribution in [0.2, 0.25) is 0 Å². The second kappa shape index (κ2) is 5.00. The van der Waals surface area contributed by atoms with Crippen LogP contribution in [0.25, 0.3) is 0 Å². The smallest absolute Gasteiger partial charge is 0.237 e. The third-order valence-electron chi connectivity index (χ3n) is 2.09. The fourth-order valence-electron chi connectivity index (χ4n) is 1.39. The van der Waals surface area contributed by atoms with E-state index in [1.54, 1.807) is 4.90 Å². The van der Waals surface area contributed by atoms with Crippen molar-refractivity contribution in [3.05, 3.63) is 0 Å². The highest BCUT2D eigenvalue weighted by Gasteiger charge is 2.23. The Kier molecular flexibility index (Phi) is 4.25. The van der Waals surface area contributed by atoms with E-state index in [0.717, 1.165) is 13.0 Å². The highest BCUT2D eigenvalue weighted by atomic mass is 32.2. The van der Waals surface area contributed by atoms with Crippen molar-refractivity contribution in [2.75, 3.05) is 19.6 Å². The number of rotatable bonds is 3. The van der Waals surface area contributed by atoms with Crippen LogP contribution >= 0.6 is 9.24 Å². The zero-order chi connectivity index (χ0) is 9.84. The van der Waals surface area contributed by atoms with Crippen molar-refractivity contribution in [2.45, 2.75) is 6.42 Å². The Balaban J connectivity index is 2.25. The summed E-state index contributed by atoms with van der Waals surface area (Å²) in [6.07, 6.45) is 0.893. The van der Waals surface area contributed by atoms with Crippen LogP contribution in [0, 0.1) is 5.92 Å². The number of likely N-dealkylation sites (tertiary alicyclic amines) is 1. The first-order valence-electron chi connectivity index (χ1n) is 3.98. The SMILES string of the molecule is O=C(P)N1CCC(CNS(=O)O)C1. The van der Waals surface area contributed by atoms with Gasteiger partial charge in [-0.25, -0.2) is 8.93 Å². The van der Waals surface area contributed by atoms with E-state index in [9.17, 15) is 9.00 Å². The van der Waals surface area contributed by atoms with Crippen LogP contribution in [0.4, 0.5) is 4.79 Å². The van der Waals surface area contributed by atoms with Crippen LogP contribution in [0.5, 0.6) is 0 Å². The summed E-state index contributed by atoms with van der Waals surface area (Å²) in [7, 11) is 2.13. The number of amides is 1. The van der Waals surface area contributed by atoms with Gasteiger partial charge in [-0.15, -0.1) is 0 Å². The van der Waals surface area contributed by atoms with E-state index in [-0.39, 0.29) is 5.65 Å². The molecule has 1 aliphatic rings. The van der Waals surface area contributed by atoms with Gasteiger partial charge >= 0.3 is 0 Å². The van der Waals surface area contributed by atoms with E-state index in [1.165, 1.54) is 0 Å². The van der Waals surface area contributed by atoms with E-state index < -0.39 is 11.3 Å². The molecule has 1 saturated heterocycles. The molecule has 5 nitrogen and oxygen atoms in total. The Labute approximate surface area is 81.9 Å². The first-order valence-corrected chi connectivity index (χ1v) is 5.66. The lowest BCUT2D eigenvalue weighted by molar-refractivity contribution is 0.232. The van der Waals surface area contributed by atoms with Gasteiger partial charge in [0.05, 0.1) is 0 Å². The molecular weight excluding hydrogens is 211 g/mol. The van der Waals surface area contributed by atoms with Gasteiger partial charge in [0.2, 0.25) is 16.9 Å². The molecule has 0 aromatic carbocycles. The van der Waals surface area contributed by atoms with Gasteiger partial charge in [-0.2, -0.15) is 0 Å². The largest absolute Gasteiger partial charge is 0.339 e. The van der Waals surface area contributed by atoms with Gasteiger partial charge < -0.3 is 4.90 Å². The minimum absolute atomic E-state index is 0.00683. The predicted octanol–water partition coefficient (Wildman–Crippen LogP) is 0.0297. The Hall–Kier alpha value is -0.0300. The van der Waals surface area contributed by atoms with Gasteiger partial charge in [0.25, 0.3) is 0 Å². The van der Waals surface area contributed by atoms with Crippen molar-refractivity contribution in [1.82, 2.24) is 9.62 Å². The number of carbonyl (C=O) groups excluding carboxylic acids is 1. The average molecular weight is 224 g/mol. The monoisotopic (exact) mass is 224 g/mol. The van der Waals surface area contributed by atoms with Crippen LogP contribution in [-0.2, 0) is 11.3 Å². The van der Waals surface area contributed by atoms with Gasteiger partial charge in [-0.1, -0.05) is 0 Å². The fraction of sp³-hybridized carbons (Fsp3) is 0.833. The summed E-state index contributed by atoms with van der Waals surface area (Å²) in [4.78, 5) is 12.6. The van der Waals surface area contributed by atoms with Gasteiger partial charge in [0, 0.05) is 19.6 Å². The van der Waals surface area contributed by atoms with Crippen molar-refractivity contribution >= 4 is 26.2 Å². The summed E-state index contributed by atoms with van der Waals surface area (Å²) in [5.74, 6) is 0.292. The summed E-state index contributed by atoms with van der Waals surface area (Å²) in [5, 5.41) is 0. The van der Waals surface area contributed by atoms with E-state index in [2.05, 4.69) is 14.0 Å². The lowest BCUT2D eigenvalue weighted by Gasteiger charge is -2.13. The molecule has 1 heterocycles. The second-order valence-electron chi connectivity index (χ2n) is 3.04. The standard InChI is InChI=1S/C6H13N2O3PS/c9-6(12)8-2-1-5(4-8)3-7-13(10)11/h5,7H,1-4,12H2,(H,10,11). The Morgan fingerprint density at radius 1 is 1.77 bits per heavy atom. The van der Waals surface area contributed by atoms with Gasteiger partial charge in [-0.05, 0) is 21.6 Å². The van der Waals surface area contributed by atoms with Crippen molar-refractivity contribution in [2.24, 2.45) is 5.92 Å². The van der Waals surface area contributed by atoms with Crippen LogP contribution in [0.3, 0.4) is 0 Å². The Bertz CT molecular complexity index is 226. The van der Waals surface area contributed by atoms with E-state index >= 15 is 0 Å². The van der Waals surface area contributed by atoms with Gasteiger partial charge in [0.15, 0.2) is 0 Å². The van der Waals surface area contributed by atoms with E-state index in [0.29, 0.717) is 19.0 Å². The molecule has 1 aliphatic heterocycles. The molecule has 0 aromatic heterocycles. The maximum absolute atomic E-state index is 10.9. The topological polar surface area (TPSA) is 69.6 Å². The van der Waals surface area contributed by atoms with Crippen molar-refractivity contribution < 1.29 is 13.6 Å². The molecule has 3 unspecified atom stereocenters. The summed E-state index contributed by atoms with van der Waals surface area (Å²) >= 11 is -1.94. The van der Waals surface area contributed by atoms with Crippen LogP contribution in [0.1, 0.15) is 6.42 Å². The first-order chi connectivity index (χ1) is 6.09. The molecule has 76 valence electrons. The Morgan fingerprint density at radius 2 is 2.46 bits per heavy atom. The third kappa shape index (κ3) is 3.68. The summed E-state index contributed by atoms with van der Waals surface area (Å²) in [5.41, 5.74) is -0.00683. The summed E-state index contributed by atoms with van der Waals surface area (Å²) in [6.45, 7) is 1.90. The maximum Gasteiger partial charge on any atom is 0.237 e. The summed E-state index contributed by atoms with van der Waals surface area (Å²) in [6, 6.07) is 0. The molecule has 13 heavy (non-hydrogen) atoms. The van der Waals surface area contributed by atoms with Crippen LogP contribution in [-0.4, -0.2) is 38.9 Å². The molecule has 0 aliphatic carbocycles. The molecule has 1 rings (SSSR count). The van der Waals surface area contributed by atoms with Crippen molar-refractivity contribution in [3.8, 4) is 0 Å². The van der Waals surface area contributed by atoms with Crippen molar-refractivity contribution in [3.63, 3.8) is 0 Å². The normalized spacial score (nSPS) is 24.8. The molecule has 2 N–H and O–H groups in total. The molecule has 0 radical (unpaired) electrons. The molecule has 0 spiro atoms. The zero-order valence-electron chi connectivity index (χ0n) is 7.10. The first kappa shape index (κ1) is 11.0. The molecule has 0 bridgehead atoms. The molecule has 0 aromatic rings. The number of hydrogen-bond donors (Lipinski definition) is 2. The van der Waals surface area contributed by atoms with Crippen LogP contribution < -0.4 is 4.72 Å². The predicted molar refractivity (Wildman–Crippen MR) is 53.6 cm³/mol. The van der Waals surface area contributed by atoms with E-state index in [1.807, 2.05) is 0 Å². The minimum atomic E-state index is -1.94. The molecular formula is C6H13N2O3PS. The van der Waals surface area contributed by atoms with Gasteiger partial charge in [0.1, 0.15) is 0 Å². The van der Waals surface area contributed by atoms with E-state index in [4.69, 9.17) is 4.55 Å². The molecule has 3 atom stereocenters. The van der Waals surface area contributed by atoms with Crippen LogP contribution in [0.15, 0.2) is 0 Å². The lowest BCUT2D eigenvalue weighted by atomic mass is 10.1.